The summed E-state index contributed by atoms with van der Waals surface area (Å²) in [5.41, 5.74) is 0.0572. The Morgan fingerprint density at radius 2 is 2.10 bits per heavy atom. The fourth-order valence-corrected chi connectivity index (χ4v) is 3.22. The standard InChI is InChI=1S/C15H23N3O2/c19-15-3-6-16-12-18(15)10-13-4-7-17(8-5-13)11-14-2-1-9-20-14/h3,6,12-14H,1-2,4-5,7-11H2. The van der Waals surface area contributed by atoms with Crippen LogP contribution in [-0.2, 0) is 11.3 Å². The van der Waals surface area contributed by atoms with E-state index in [0.717, 1.165) is 45.6 Å². The monoisotopic (exact) mass is 277 g/mol. The Labute approximate surface area is 119 Å². The first kappa shape index (κ1) is 13.8. The van der Waals surface area contributed by atoms with Crippen molar-refractivity contribution in [3.63, 3.8) is 0 Å². The van der Waals surface area contributed by atoms with Crippen LogP contribution in [-0.4, -0.2) is 46.8 Å². The fraction of sp³-hybridized carbons (Fsp3) is 0.733. The molecular weight excluding hydrogens is 254 g/mol. The molecule has 1 atom stereocenters. The minimum Gasteiger partial charge on any atom is -0.377 e. The quantitative estimate of drug-likeness (QED) is 0.828. The van der Waals surface area contributed by atoms with E-state index in [2.05, 4.69) is 9.88 Å². The average Bonchev–Trinajstić information content (AvgIpc) is 2.96. The van der Waals surface area contributed by atoms with Gasteiger partial charge in [0.25, 0.3) is 5.56 Å². The first-order chi connectivity index (χ1) is 9.81. The summed E-state index contributed by atoms with van der Waals surface area (Å²) in [4.78, 5) is 18.2. The molecule has 2 aliphatic rings. The van der Waals surface area contributed by atoms with E-state index < -0.39 is 0 Å². The highest BCUT2D eigenvalue weighted by molar-refractivity contribution is 4.84. The summed E-state index contributed by atoms with van der Waals surface area (Å²) in [5, 5.41) is 0. The van der Waals surface area contributed by atoms with Gasteiger partial charge in [0, 0.05) is 32.0 Å². The van der Waals surface area contributed by atoms with Gasteiger partial charge in [-0.3, -0.25) is 9.36 Å². The molecule has 0 N–H and O–H groups in total. The molecule has 1 aromatic heterocycles. The normalized spacial score (nSPS) is 25.1. The molecule has 2 aliphatic heterocycles. The molecule has 0 aliphatic carbocycles. The summed E-state index contributed by atoms with van der Waals surface area (Å²) in [6, 6.07) is 1.53. The van der Waals surface area contributed by atoms with Gasteiger partial charge in [0.05, 0.1) is 12.4 Å². The van der Waals surface area contributed by atoms with Crippen LogP contribution in [0.5, 0.6) is 0 Å². The molecule has 2 fully saturated rings. The van der Waals surface area contributed by atoms with Crippen LogP contribution in [0.1, 0.15) is 25.7 Å². The lowest BCUT2D eigenvalue weighted by atomic mass is 9.96. The van der Waals surface area contributed by atoms with Crippen LogP contribution >= 0.6 is 0 Å². The number of hydrogen-bond donors (Lipinski definition) is 0. The van der Waals surface area contributed by atoms with Gasteiger partial charge in [0.2, 0.25) is 0 Å². The largest absolute Gasteiger partial charge is 0.377 e. The Kier molecular flexibility index (Phi) is 4.47. The molecule has 110 valence electrons. The molecule has 0 bridgehead atoms. The molecule has 0 amide bonds. The topological polar surface area (TPSA) is 47.4 Å². The van der Waals surface area contributed by atoms with Crippen LogP contribution in [0.25, 0.3) is 0 Å². The number of ether oxygens (including phenoxy) is 1. The fourth-order valence-electron chi connectivity index (χ4n) is 3.22. The molecule has 0 aromatic carbocycles. The summed E-state index contributed by atoms with van der Waals surface area (Å²) in [6.07, 6.45) is 8.41. The smallest absolute Gasteiger partial charge is 0.253 e. The van der Waals surface area contributed by atoms with Gasteiger partial charge in [-0.25, -0.2) is 4.98 Å². The molecule has 20 heavy (non-hydrogen) atoms. The third-order valence-corrected chi connectivity index (χ3v) is 4.44. The molecule has 2 saturated heterocycles. The number of hydrogen-bond acceptors (Lipinski definition) is 4. The highest BCUT2D eigenvalue weighted by Gasteiger charge is 2.24. The number of piperidine rings is 1. The lowest BCUT2D eigenvalue weighted by Crippen LogP contribution is -2.40. The molecule has 0 radical (unpaired) electrons. The lowest BCUT2D eigenvalue weighted by molar-refractivity contribution is 0.0583. The predicted octanol–water partition coefficient (Wildman–Crippen LogP) is 1.13. The zero-order valence-corrected chi connectivity index (χ0v) is 11.9. The first-order valence-electron chi connectivity index (χ1n) is 7.65. The second-order valence-electron chi connectivity index (χ2n) is 5.95. The Hall–Kier alpha value is -1.20. The molecule has 5 nitrogen and oxygen atoms in total. The predicted molar refractivity (Wildman–Crippen MR) is 76.6 cm³/mol. The molecule has 0 spiro atoms. The van der Waals surface area contributed by atoms with Crippen molar-refractivity contribution in [2.75, 3.05) is 26.2 Å². The summed E-state index contributed by atoms with van der Waals surface area (Å²) >= 11 is 0. The number of rotatable bonds is 4. The van der Waals surface area contributed by atoms with Gasteiger partial charge in [0.1, 0.15) is 0 Å². The van der Waals surface area contributed by atoms with Crippen molar-refractivity contribution in [3.8, 4) is 0 Å². The van der Waals surface area contributed by atoms with E-state index in [1.165, 1.54) is 18.9 Å². The molecule has 5 heteroatoms. The summed E-state index contributed by atoms with van der Waals surface area (Å²) < 4.78 is 7.44. The van der Waals surface area contributed by atoms with E-state index in [-0.39, 0.29) is 5.56 Å². The lowest BCUT2D eigenvalue weighted by Gasteiger charge is -2.33. The third kappa shape index (κ3) is 3.46. The van der Waals surface area contributed by atoms with Gasteiger partial charge in [0.15, 0.2) is 0 Å². The number of likely N-dealkylation sites (tertiary alicyclic amines) is 1. The van der Waals surface area contributed by atoms with Crippen LogP contribution < -0.4 is 5.56 Å². The van der Waals surface area contributed by atoms with Gasteiger partial charge in [-0.1, -0.05) is 0 Å². The van der Waals surface area contributed by atoms with Crippen molar-refractivity contribution < 1.29 is 4.74 Å². The van der Waals surface area contributed by atoms with Crippen molar-refractivity contribution in [1.29, 1.82) is 0 Å². The molecule has 3 heterocycles. The van der Waals surface area contributed by atoms with Gasteiger partial charge < -0.3 is 9.64 Å². The van der Waals surface area contributed by atoms with E-state index >= 15 is 0 Å². The maximum absolute atomic E-state index is 11.7. The molecule has 0 saturated carbocycles. The third-order valence-electron chi connectivity index (χ3n) is 4.44. The Bertz CT molecular complexity index is 474. The zero-order valence-electron chi connectivity index (χ0n) is 11.9. The summed E-state index contributed by atoms with van der Waals surface area (Å²) in [6.45, 7) is 5.07. The van der Waals surface area contributed by atoms with Crippen LogP contribution in [0.2, 0.25) is 0 Å². The minimum atomic E-state index is 0.0572. The Balaban J connectivity index is 1.46. The molecule has 1 unspecified atom stereocenters. The summed E-state index contributed by atoms with van der Waals surface area (Å²) in [5.74, 6) is 0.595. The van der Waals surface area contributed by atoms with E-state index in [9.17, 15) is 4.79 Å². The molecule has 3 rings (SSSR count). The SMILES string of the molecule is O=c1ccncn1CC1CCN(CC2CCCO2)CC1. The number of aromatic nitrogens is 2. The van der Waals surface area contributed by atoms with Crippen molar-refractivity contribution in [1.82, 2.24) is 14.5 Å². The Morgan fingerprint density at radius 1 is 1.25 bits per heavy atom. The van der Waals surface area contributed by atoms with E-state index in [0.29, 0.717) is 12.0 Å². The highest BCUT2D eigenvalue weighted by atomic mass is 16.5. The molecular formula is C15H23N3O2. The van der Waals surface area contributed by atoms with Crippen molar-refractivity contribution in [2.45, 2.75) is 38.3 Å². The first-order valence-corrected chi connectivity index (χ1v) is 7.65. The van der Waals surface area contributed by atoms with Gasteiger partial charge in [-0.05, 0) is 44.7 Å². The van der Waals surface area contributed by atoms with Crippen LogP contribution in [0.3, 0.4) is 0 Å². The average molecular weight is 277 g/mol. The molecule has 1 aromatic rings. The Morgan fingerprint density at radius 3 is 2.80 bits per heavy atom. The van der Waals surface area contributed by atoms with Gasteiger partial charge in [-0.15, -0.1) is 0 Å². The maximum atomic E-state index is 11.7. The maximum Gasteiger partial charge on any atom is 0.253 e. The van der Waals surface area contributed by atoms with Gasteiger partial charge in [-0.2, -0.15) is 0 Å². The van der Waals surface area contributed by atoms with Crippen LogP contribution in [0.4, 0.5) is 0 Å². The van der Waals surface area contributed by atoms with E-state index in [4.69, 9.17) is 4.74 Å². The van der Waals surface area contributed by atoms with Crippen LogP contribution in [0, 0.1) is 5.92 Å². The van der Waals surface area contributed by atoms with Crippen molar-refractivity contribution >= 4 is 0 Å². The van der Waals surface area contributed by atoms with Crippen molar-refractivity contribution in [3.05, 3.63) is 28.9 Å². The van der Waals surface area contributed by atoms with E-state index in [1.807, 2.05) is 0 Å². The number of nitrogens with zero attached hydrogens (tertiary/aromatic N) is 3. The second kappa shape index (κ2) is 6.50. The zero-order chi connectivity index (χ0) is 13.8. The van der Waals surface area contributed by atoms with Crippen LogP contribution in [0.15, 0.2) is 23.4 Å². The summed E-state index contributed by atoms with van der Waals surface area (Å²) in [7, 11) is 0. The van der Waals surface area contributed by atoms with Gasteiger partial charge >= 0.3 is 0 Å². The van der Waals surface area contributed by atoms with Crippen molar-refractivity contribution in [2.24, 2.45) is 5.92 Å². The second-order valence-corrected chi connectivity index (χ2v) is 5.95. The highest BCUT2D eigenvalue weighted by Crippen LogP contribution is 2.21. The minimum absolute atomic E-state index is 0.0572. The van der Waals surface area contributed by atoms with E-state index in [1.54, 1.807) is 17.1 Å².